The number of ether oxygens (including phenoxy) is 1. The molecule has 0 unspecified atom stereocenters. The Labute approximate surface area is 236 Å². The predicted octanol–water partition coefficient (Wildman–Crippen LogP) is 4.06. The maximum Gasteiger partial charge on any atom is 0.227 e. The van der Waals surface area contributed by atoms with Gasteiger partial charge in [0.15, 0.2) is 0 Å². The zero-order chi connectivity index (χ0) is 28.6. The van der Waals surface area contributed by atoms with E-state index in [1.807, 2.05) is 12.3 Å². The van der Waals surface area contributed by atoms with E-state index in [1.165, 1.54) is 11.8 Å². The van der Waals surface area contributed by atoms with E-state index < -0.39 is 9.84 Å². The standard InChI is InChI=1S/C29H39N7O3S/c1-18(2)21-7-8-25(36-15-20(19(36)3)17-40(6,37)38)23-14-32-28(13-22(21)23)33-27-9-11-31-29(34-27)35-12-10-26(39-5)24(16-35)30-4/h7-9,11,13-14,18-20,26H,10,12,15-17H2,1-6H3,(H,31,32,33,34)/b30-24+/t19-,20-,26+/m1/s1. The number of anilines is 4. The normalized spacial score (nSPS) is 22.7. The number of aliphatic imine (C=N–C) groups is 1. The topological polar surface area (TPSA) is 113 Å². The molecule has 214 valence electrons. The van der Waals surface area contributed by atoms with E-state index >= 15 is 0 Å². The summed E-state index contributed by atoms with van der Waals surface area (Å²) >= 11 is 0. The fourth-order valence-electron chi connectivity index (χ4n) is 5.81. The van der Waals surface area contributed by atoms with Crippen LogP contribution in [0.3, 0.4) is 0 Å². The average Bonchev–Trinajstić information content (AvgIpc) is 2.93. The molecule has 0 radical (unpaired) electrons. The minimum atomic E-state index is -3.01. The molecule has 0 amide bonds. The van der Waals surface area contributed by atoms with Gasteiger partial charge in [0.05, 0.1) is 24.1 Å². The second kappa shape index (κ2) is 11.3. The van der Waals surface area contributed by atoms with E-state index in [2.05, 4.69) is 64.1 Å². The summed E-state index contributed by atoms with van der Waals surface area (Å²) in [6, 6.07) is 8.40. The largest absolute Gasteiger partial charge is 0.375 e. The molecule has 2 aliphatic heterocycles. The van der Waals surface area contributed by atoms with Gasteiger partial charge in [-0.15, -0.1) is 0 Å². The average molecular weight is 566 g/mol. The molecule has 2 saturated heterocycles. The molecule has 0 spiro atoms. The lowest BCUT2D eigenvalue weighted by molar-refractivity contribution is 0.144. The van der Waals surface area contributed by atoms with Gasteiger partial charge in [-0.25, -0.2) is 18.4 Å². The van der Waals surface area contributed by atoms with Crippen molar-refractivity contribution < 1.29 is 13.2 Å². The van der Waals surface area contributed by atoms with Gasteiger partial charge in [-0.1, -0.05) is 19.9 Å². The van der Waals surface area contributed by atoms with Crippen molar-refractivity contribution in [2.75, 3.05) is 60.9 Å². The molecular formula is C29H39N7O3S. The molecule has 40 heavy (non-hydrogen) atoms. The van der Waals surface area contributed by atoms with Crippen molar-refractivity contribution >= 4 is 49.6 Å². The first-order chi connectivity index (χ1) is 19.1. The summed E-state index contributed by atoms with van der Waals surface area (Å²) in [6.07, 6.45) is 5.86. The minimum absolute atomic E-state index is 0.0363. The van der Waals surface area contributed by atoms with E-state index in [0.29, 0.717) is 30.0 Å². The van der Waals surface area contributed by atoms with Crippen molar-refractivity contribution in [3.8, 4) is 0 Å². The Hall–Kier alpha value is -3.31. The molecule has 2 aliphatic rings. The number of sulfone groups is 1. The Morgan fingerprint density at radius 1 is 1.18 bits per heavy atom. The first-order valence-electron chi connectivity index (χ1n) is 13.8. The van der Waals surface area contributed by atoms with Gasteiger partial charge in [-0.3, -0.25) is 4.99 Å². The second-order valence-electron chi connectivity index (χ2n) is 11.2. The van der Waals surface area contributed by atoms with E-state index in [4.69, 9.17) is 14.7 Å². The van der Waals surface area contributed by atoms with Gasteiger partial charge in [-0.2, -0.15) is 4.98 Å². The first-order valence-corrected chi connectivity index (χ1v) is 15.8. The molecule has 10 nitrogen and oxygen atoms in total. The highest BCUT2D eigenvalue weighted by Gasteiger charge is 2.38. The van der Waals surface area contributed by atoms with Gasteiger partial charge in [-0.05, 0) is 48.4 Å². The molecule has 2 aromatic heterocycles. The number of rotatable bonds is 8. The van der Waals surface area contributed by atoms with E-state index in [-0.39, 0.29) is 23.8 Å². The number of nitrogens with zero attached hydrogens (tertiary/aromatic N) is 6. The number of hydrogen-bond donors (Lipinski definition) is 1. The second-order valence-corrected chi connectivity index (χ2v) is 13.4. The molecule has 2 fully saturated rings. The number of piperidine rings is 1. The van der Waals surface area contributed by atoms with Crippen LogP contribution in [0.5, 0.6) is 0 Å². The molecule has 4 heterocycles. The number of benzene rings is 1. The fourth-order valence-corrected chi connectivity index (χ4v) is 6.97. The molecular weight excluding hydrogens is 526 g/mol. The van der Waals surface area contributed by atoms with Crippen LogP contribution in [0.1, 0.15) is 38.7 Å². The predicted molar refractivity (Wildman–Crippen MR) is 162 cm³/mol. The van der Waals surface area contributed by atoms with Crippen molar-refractivity contribution in [1.82, 2.24) is 15.0 Å². The zero-order valence-corrected chi connectivity index (χ0v) is 24.9. The summed E-state index contributed by atoms with van der Waals surface area (Å²) in [5, 5.41) is 5.58. The van der Waals surface area contributed by atoms with Crippen LogP contribution in [0.4, 0.5) is 23.3 Å². The Kier molecular flexibility index (Phi) is 7.96. The molecule has 0 aliphatic carbocycles. The molecule has 0 saturated carbocycles. The number of methoxy groups -OCH3 is 1. The summed E-state index contributed by atoms with van der Waals surface area (Å²) < 4.78 is 29.3. The summed E-state index contributed by atoms with van der Waals surface area (Å²) in [6.45, 7) is 8.62. The van der Waals surface area contributed by atoms with Crippen molar-refractivity contribution in [1.29, 1.82) is 0 Å². The van der Waals surface area contributed by atoms with Gasteiger partial charge >= 0.3 is 0 Å². The summed E-state index contributed by atoms with van der Waals surface area (Å²) in [7, 11) is 0.504. The summed E-state index contributed by atoms with van der Waals surface area (Å²) in [5.74, 6) is 2.70. The fraction of sp³-hybridized carbons (Fsp3) is 0.517. The van der Waals surface area contributed by atoms with E-state index in [0.717, 1.165) is 41.7 Å². The van der Waals surface area contributed by atoms with Gasteiger partial charge < -0.3 is 19.9 Å². The lowest BCUT2D eigenvalue weighted by atomic mass is 9.88. The minimum Gasteiger partial charge on any atom is -0.375 e. The van der Waals surface area contributed by atoms with Gasteiger partial charge in [0.1, 0.15) is 21.5 Å². The number of hydrogen-bond acceptors (Lipinski definition) is 10. The monoisotopic (exact) mass is 565 g/mol. The lowest BCUT2D eigenvalue weighted by Gasteiger charge is -2.48. The van der Waals surface area contributed by atoms with Gasteiger partial charge in [0, 0.05) is 68.9 Å². The van der Waals surface area contributed by atoms with Crippen molar-refractivity contribution in [3.63, 3.8) is 0 Å². The number of nitrogens with one attached hydrogen (secondary N) is 1. The number of aromatic nitrogens is 3. The molecule has 3 atom stereocenters. The third kappa shape index (κ3) is 5.76. The van der Waals surface area contributed by atoms with Gasteiger partial charge in [0.25, 0.3) is 0 Å². The van der Waals surface area contributed by atoms with Crippen LogP contribution in [0.2, 0.25) is 0 Å². The molecule has 5 rings (SSSR count). The quantitative estimate of drug-likeness (QED) is 0.432. The third-order valence-corrected chi connectivity index (χ3v) is 9.14. The van der Waals surface area contributed by atoms with E-state index in [9.17, 15) is 8.42 Å². The molecule has 0 bridgehead atoms. The Morgan fingerprint density at radius 3 is 2.65 bits per heavy atom. The summed E-state index contributed by atoms with van der Waals surface area (Å²) in [4.78, 5) is 22.8. The molecule has 1 aromatic carbocycles. The lowest BCUT2D eigenvalue weighted by Crippen LogP contribution is -2.57. The maximum atomic E-state index is 11.9. The van der Waals surface area contributed by atoms with Crippen LogP contribution in [0.25, 0.3) is 10.8 Å². The highest BCUT2D eigenvalue weighted by atomic mass is 32.2. The van der Waals surface area contributed by atoms with Crippen LogP contribution >= 0.6 is 0 Å². The molecule has 1 N–H and O–H groups in total. The Balaban J connectivity index is 1.40. The van der Waals surface area contributed by atoms with Crippen LogP contribution in [0, 0.1) is 5.92 Å². The van der Waals surface area contributed by atoms with Crippen LogP contribution < -0.4 is 15.1 Å². The Bertz CT molecular complexity index is 1530. The first kappa shape index (κ1) is 28.2. The smallest absolute Gasteiger partial charge is 0.227 e. The summed E-state index contributed by atoms with van der Waals surface area (Å²) in [5.41, 5.74) is 3.32. The molecule has 3 aromatic rings. The highest BCUT2D eigenvalue weighted by Crippen LogP contribution is 2.39. The zero-order valence-electron chi connectivity index (χ0n) is 24.1. The Morgan fingerprint density at radius 2 is 1.98 bits per heavy atom. The number of fused-ring (bicyclic) bond motifs is 1. The van der Waals surface area contributed by atoms with E-state index in [1.54, 1.807) is 20.4 Å². The van der Waals surface area contributed by atoms with Crippen molar-refractivity contribution in [2.24, 2.45) is 10.9 Å². The maximum absolute atomic E-state index is 11.9. The van der Waals surface area contributed by atoms with Crippen molar-refractivity contribution in [2.45, 2.75) is 45.3 Å². The number of pyridine rings is 1. The highest BCUT2D eigenvalue weighted by molar-refractivity contribution is 7.90. The molecule has 11 heteroatoms. The van der Waals surface area contributed by atoms with Crippen LogP contribution in [-0.4, -0.2) is 87.0 Å². The van der Waals surface area contributed by atoms with Crippen LogP contribution in [0.15, 0.2) is 41.7 Å². The SMILES string of the molecule is C/N=C1\CN(c2nccc(Nc3cc4c(C(C)C)ccc(N5C[C@H](CS(C)(=O)=O)[C@H]5C)c4cn3)n2)CC[C@@H]1OC. The van der Waals surface area contributed by atoms with Crippen LogP contribution in [-0.2, 0) is 14.6 Å². The van der Waals surface area contributed by atoms with Gasteiger partial charge in [0.2, 0.25) is 5.95 Å². The van der Waals surface area contributed by atoms with Crippen molar-refractivity contribution in [3.05, 3.63) is 42.2 Å². The third-order valence-electron chi connectivity index (χ3n) is 8.10.